The molecule has 2 heterocycles. The molecule has 0 aliphatic carbocycles. The van der Waals surface area contributed by atoms with E-state index in [1.54, 1.807) is 6.07 Å². The Morgan fingerprint density at radius 1 is 1.37 bits per heavy atom. The fourth-order valence-electron chi connectivity index (χ4n) is 2.19. The van der Waals surface area contributed by atoms with E-state index in [0.717, 1.165) is 21.3 Å². The lowest BCUT2D eigenvalue weighted by molar-refractivity contribution is 0.100. The first kappa shape index (κ1) is 11.9. The van der Waals surface area contributed by atoms with Crippen LogP contribution < -0.4 is 5.73 Å². The van der Waals surface area contributed by atoms with Crippen LogP contribution in [0, 0.1) is 6.92 Å². The molecule has 19 heavy (non-hydrogen) atoms. The van der Waals surface area contributed by atoms with Crippen molar-refractivity contribution in [1.82, 2.24) is 9.78 Å². The molecule has 5 heteroatoms. The fourth-order valence-corrected chi connectivity index (χ4v) is 3.13. The van der Waals surface area contributed by atoms with Gasteiger partial charge in [-0.2, -0.15) is 5.10 Å². The number of benzene rings is 1. The van der Waals surface area contributed by atoms with Gasteiger partial charge in [0.2, 0.25) is 0 Å². The van der Waals surface area contributed by atoms with Crippen LogP contribution in [0.3, 0.4) is 0 Å². The minimum absolute atomic E-state index is 0.379. The summed E-state index contributed by atoms with van der Waals surface area (Å²) in [7, 11) is 1.92. The smallest absolute Gasteiger partial charge is 0.258 e. The Bertz CT molecular complexity index is 785. The maximum Gasteiger partial charge on any atom is 0.258 e. The zero-order valence-corrected chi connectivity index (χ0v) is 11.5. The van der Waals surface area contributed by atoms with Gasteiger partial charge >= 0.3 is 0 Å². The highest BCUT2D eigenvalue weighted by Crippen LogP contribution is 2.33. The Morgan fingerprint density at radius 3 is 2.84 bits per heavy atom. The van der Waals surface area contributed by atoms with Crippen LogP contribution >= 0.6 is 11.3 Å². The summed E-state index contributed by atoms with van der Waals surface area (Å²) in [4.78, 5) is 12.8. The molecule has 2 aromatic heterocycles. The molecule has 0 radical (unpaired) electrons. The van der Waals surface area contributed by atoms with Crippen LogP contribution in [-0.4, -0.2) is 15.7 Å². The first-order chi connectivity index (χ1) is 9.06. The molecule has 1 aromatic carbocycles. The number of fused-ring (bicyclic) bond motifs is 1. The van der Waals surface area contributed by atoms with Gasteiger partial charge in [-0.15, -0.1) is 11.3 Å². The third-order valence-electron chi connectivity index (χ3n) is 3.21. The van der Waals surface area contributed by atoms with Crippen LogP contribution in [0.15, 0.2) is 30.5 Å². The second-order valence-electron chi connectivity index (χ2n) is 4.52. The van der Waals surface area contributed by atoms with Gasteiger partial charge in [0.1, 0.15) is 0 Å². The van der Waals surface area contributed by atoms with Crippen LogP contribution in [-0.2, 0) is 7.05 Å². The second-order valence-corrected chi connectivity index (χ2v) is 5.61. The van der Waals surface area contributed by atoms with Crippen molar-refractivity contribution < 1.29 is 4.79 Å². The predicted octanol–water partition coefficient (Wildman–Crippen LogP) is 2.71. The van der Waals surface area contributed by atoms with Crippen molar-refractivity contribution in [3.8, 4) is 10.4 Å². The standard InChI is InChI=1S/C14H13N3OS/c1-8-5-9-7-16-17(2)11(9)6-10(8)12-3-4-13(19-12)14(15)18/h3-7H,1-2H3,(H2,15,18). The van der Waals surface area contributed by atoms with Crippen molar-refractivity contribution in [3.63, 3.8) is 0 Å². The molecule has 0 atom stereocenters. The molecule has 96 valence electrons. The monoisotopic (exact) mass is 271 g/mol. The van der Waals surface area contributed by atoms with E-state index >= 15 is 0 Å². The number of primary amides is 1. The van der Waals surface area contributed by atoms with Crippen molar-refractivity contribution in [2.75, 3.05) is 0 Å². The zero-order valence-electron chi connectivity index (χ0n) is 10.7. The van der Waals surface area contributed by atoms with E-state index in [1.165, 1.54) is 16.9 Å². The number of nitrogens with zero attached hydrogens (tertiary/aromatic N) is 2. The predicted molar refractivity (Wildman–Crippen MR) is 77.3 cm³/mol. The highest BCUT2D eigenvalue weighted by Gasteiger charge is 2.11. The molecular formula is C14H13N3OS. The summed E-state index contributed by atoms with van der Waals surface area (Å²) in [6, 6.07) is 7.93. The van der Waals surface area contributed by atoms with E-state index < -0.39 is 0 Å². The van der Waals surface area contributed by atoms with Gasteiger partial charge in [-0.05, 0) is 42.3 Å². The Labute approximate surface area is 114 Å². The summed E-state index contributed by atoms with van der Waals surface area (Å²) in [5.74, 6) is -0.379. The summed E-state index contributed by atoms with van der Waals surface area (Å²) in [6.07, 6.45) is 1.86. The number of rotatable bonds is 2. The van der Waals surface area contributed by atoms with Gasteiger partial charge in [-0.1, -0.05) is 0 Å². The maximum absolute atomic E-state index is 11.2. The molecule has 0 saturated heterocycles. The number of thiophene rings is 1. The molecule has 0 spiro atoms. The number of nitrogens with two attached hydrogens (primary N) is 1. The molecule has 0 aliphatic heterocycles. The van der Waals surface area contributed by atoms with E-state index in [-0.39, 0.29) is 5.91 Å². The summed E-state index contributed by atoms with van der Waals surface area (Å²) in [5, 5.41) is 5.37. The highest BCUT2D eigenvalue weighted by molar-refractivity contribution is 7.17. The third kappa shape index (κ3) is 1.92. The molecule has 3 aromatic rings. The van der Waals surface area contributed by atoms with Crippen molar-refractivity contribution in [2.45, 2.75) is 6.92 Å². The summed E-state index contributed by atoms with van der Waals surface area (Å²) >= 11 is 1.42. The van der Waals surface area contributed by atoms with Gasteiger partial charge < -0.3 is 5.73 Å². The zero-order chi connectivity index (χ0) is 13.6. The van der Waals surface area contributed by atoms with Crippen LogP contribution in [0.5, 0.6) is 0 Å². The molecule has 3 rings (SSSR count). The van der Waals surface area contributed by atoms with Crippen LogP contribution in [0.4, 0.5) is 0 Å². The molecular weight excluding hydrogens is 258 g/mol. The normalized spacial score (nSPS) is 11.1. The Balaban J connectivity index is 2.20. The number of aryl methyl sites for hydroxylation is 2. The fraction of sp³-hybridized carbons (Fsp3) is 0.143. The van der Waals surface area contributed by atoms with Crippen molar-refractivity contribution in [1.29, 1.82) is 0 Å². The number of hydrogen-bond donors (Lipinski definition) is 1. The van der Waals surface area contributed by atoms with Crippen LogP contribution in [0.25, 0.3) is 21.3 Å². The average Bonchev–Trinajstić information content (AvgIpc) is 2.96. The van der Waals surface area contributed by atoms with E-state index in [0.29, 0.717) is 4.88 Å². The Hall–Kier alpha value is -2.14. The van der Waals surface area contributed by atoms with E-state index in [4.69, 9.17) is 5.73 Å². The first-order valence-corrected chi connectivity index (χ1v) is 6.70. The largest absolute Gasteiger partial charge is 0.365 e. The number of amides is 1. The minimum atomic E-state index is -0.379. The number of carbonyl (C=O) groups excluding carboxylic acids is 1. The SMILES string of the molecule is Cc1cc2cnn(C)c2cc1-c1ccc(C(N)=O)s1. The third-order valence-corrected chi connectivity index (χ3v) is 4.34. The van der Waals surface area contributed by atoms with Gasteiger partial charge in [-0.3, -0.25) is 9.48 Å². The summed E-state index contributed by atoms with van der Waals surface area (Å²) in [6.45, 7) is 2.06. The maximum atomic E-state index is 11.2. The van der Waals surface area contributed by atoms with Gasteiger partial charge in [0.15, 0.2) is 0 Å². The van der Waals surface area contributed by atoms with Crippen LogP contribution in [0.1, 0.15) is 15.2 Å². The quantitative estimate of drug-likeness (QED) is 0.779. The molecule has 4 nitrogen and oxygen atoms in total. The highest BCUT2D eigenvalue weighted by atomic mass is 32.1. The van der Waals surface area contributed by atoms with Gasteiger partial charge in [0.25, 0.3) is 5.91 Å². The molecule has 0 bridgehead atoms. The lowest BCUT2D eigenvalue weighted by Crippen LogP contribution is -2.07. The van der Waals surface area contributed by atoms with Crippen molar-refractivity contribution in [3.05, 3.63) is 40.9 Å². The van der Waals surface area contributed by atoms with Crippen molar-refractivity contribution >= 4 is 28.1 Å². The topological polar surface area (TPSA) is 60.9 Å². The Kier molecular flexibility index (Phi) is 2.64. The minimum Gasteiger partial charge on any atom is -0.365 e. The Morgan fingerprint density at radius 2 is 2.16 bits per heavy atom. The molecule has 1 amide bonds. The number of carbonyl (C=O) groups is 1. The van der Waals surface area contributed by atoms with Gasteiger partial charge in [0.05, 0.1) is 16.6 Å². The molecule has 0 saturated carbocycles. The van der Waals surface area contributed by atoms with Crippen LogP contribution in [0.2, 0.25) is 0 Å². The van der Waals surface area contributed by atoms with E-state index in [2.05, 4.69) is 24.2 Å². The van der Waals surface area contributed by atoms with Gasteiger partial charge in [-0.25, -0.2) is 0 Å². The molecule has 2 N–H and O–H groups in total. The van der Waals surface area contributed by atoms with Crippen molar-refractivity contribution in [2.24, 2.45) is 12.8 Å². The lowest BCUT2D eigenvalue weighted by atomic mass is 10.0. The first-order valence-electron chi connectivity index (χ1n) is 5.88. The van der Waals surface area contributed by atoms with E-state index in [9.17, 15) is 4.79 Å². The molecule has 0 unspecified atom stereocenters. The second kappa shape index (κ2) is 4.20. The average molecular weight is 271 g/mol. The number of hydrogen-bond acceptors (Lipinski definition) is 3. The van der Waals surface area contributed by atoms with Gasteiger partial charge in [0, 0.05) is 17.3 Å². The lowest BCUT2D eigenvalue weighted by Gasteiger charge is -2.04. The summed E-state index contributed by atoms with van der Waals surface area (Å²) < 4.78 is 1.85. The summed E-state index contributed by atoms with van der Waals surface area (Å²) in [5.41, 5.74) is 8.66. The van der Waals surface area contributed by atoms with E-state index in [1.807, 2.05) is 24.0 Å². The number of aromatic nitrogens is 2. The molecule has 0 fully saturated rings. The molecule has 0 aliphatic rings.